The predicted molar refractivity (Wildman–Crippen MR) is 113 cm³/mol. The fourth-order valence-electron chi connectivity index (χ4n) is 4.26. The summed E-state index contributed by atoms with van der Waals surface area (Å²) in [6, 6.07) is 1.42. The zero-order valence-corrected chi connectivity index (χ0v) is 17.8. The van der Waals surface area contributed by atoms with Crippen molar-refractivity contribution >= 4 is 5.96 Å². The quantitative estimate of drug-likeness (QED) is 0.394. The summed E-state index contributed by atoms with van der Waals surface area (Å²) in [6.45, 7) is 17.0. The smallest absolute Gasteiger partial charge is 0.191 e. The molecule has 26 heavy (non-hydrogen) atoms. The van der Waals surface area contributed by atoms with Crippen LogP contribution in [0.4, 0.5) is 0 Å². The molecule has 0 amide bonds. The highest BCUT2D eigenvalue weighted by Gasteiger charge is 2.21. The van der Waals surface area contributed by atoms with E-state index in [9.17, 15) is 0 Å². The molecular formula is C21H43N5. The van der Waals surface area contributed by atoms with Gasteiger partial charge in [0.2, 0.25) is 0 Å². The van der Waals surface area contributed by atoms with Gasteiger partial charge in [0.25, 0.3) is 0 Å². The first-order chi connectivity index (χ1) is 12.6. The number of hydrogen-bond donors (Lipinski definition) is 2. The van der Waals surface area contributed by atoms with Crippen molar-refractivity contribution in [2.75, 3.05) is 45.8 Å². The van der Waals surface area contributed by atoms with Crippen LogP contribution in [-0.2, 0) is 0 Å². The van der Waals surface area contributed by atoms with E-state index in [0.29, 0.717) is 12.0 Å². The molecule has 2 saturated heterocycles. The number of guanidine groups is 1. The van der Waals surface area contributed by atoms with Crippen LogP contribution >= 0.6 is 0 Å². The second-order valence-electron chi connectivity index (χ2n) is 8.48. The number of rotatable bonds is 8. The van der Waals surface area contributed by atoms with Crippen LogP contribution in [0.15, 0.2) is 4.99 Å². The van der Waals surface area contributed by atoms with E-state index in [-0.39, 0.29) is 0 Å². The van der Waals surface area contributed by atoms with Crippen LogP contribution in [0, 0.1) is 5.92 Å². The standard InChI is InChI=1S/C21H43N5/c1-5-22-21(23-12-9-15-25-13-7-6-10-19(25)4)24-16-20-11-8-14-26(17-20)18(2)3/h18-20H,5-17H2,1-4H3,(H2,22,23,24). The molecule has 2 rings (SSSR count). The highest BCUT2D eigenvalue weighted by Crippen LogP contribution is 2.18. The Kier molecular flexibility index (Phi) is 9.76. The minimum absolute atomic E-state index is 0.658. The molecule has 2 atom stereocenters. The highest BCUT2D eigenvalue weighted by atomic mass is 15.2. The Morgan fingerprint density at radius 2 is 1.96 bits per heavy atom. The van der Waals surface area contributed by atoms with Gasteiger partial charge >= 0.3 is 0 Å². The largest absolute Gasteiger partial charge is 0.357 e. The molecule has 0 aromatic carbocycles. The maximum absolute atomic E-state index is 4.88. The van der Waals surface area contributed by atoms with Gasteiger partial charge in [-0.1, -0.05) is 6.42 Å². The first kappa shape index (κ1) is 21.5. The molecule has 5 heteroatoms. The lowest BCUT2D eigenvalue weighted by Crippen LogP contribution is -2.43. The summed E-state index contributed by atoms with van der Waals surface area (Å²) in [4.78, 5) is 10.1. The van der Waals surface area contributed by atoms with Crippen LogP contribution in [0.3, 0.4) is 0 Å². The Morgan fingerprint density at radius 1 is 1.12 bits per heavy atom. The first-order valence-corrected chi connectivity index (χ1v) is 11.1. The molecule has 152 valence electrons. The minimum Gasteiger partial charge on any atom is -0.357 e. The van der Waals surface area contributed by atoms with Gasteiger partial charge in [-0.15, -0.1) is 0 Å². The van der Waals surface area contributed by atoms with E-state index in [1.165, 1.54) is 64.7 Å². The van der Waals surface area contributed by atoms with E-state index in [1.54, 1.807) is 0 Å². The number of likely N-dealkylation sites (tertiary alicyclic amines) is 2. The lowest BCUT2D eigenvalue weighted by atomic mass is 9.97. The van der Waals surface area contributed by atoms with E-state index in [1.807, 2.05) is 0 Å². The second-order valence-corrected chi connectivity index (χ2v) is 8.48. The molecule has 2 heterocycles. The molecule has 0 radical (unpaired) electrons. The van der Waals surface area contributed by atoms with Gasteiger partial charge in [-0.3, -0.25) is 4.99 Å². The Bertz CT molecular complexity index is 409. The Labute approximate surface area is 162 Å². The van der Waals surface area contributed by atoms with Crippen molar-refractivity contribution in [1.82, 2.24) is 20.4 Å². The van der Waals surface area contributed by atoms with Crippen molar-refractivity contribution in [2.45, 2.75) is 78.3 Å². The molecule has 0 aromatic heterocycles. The maximum atomic E-state index is 4.88. The molecule has 0 saturated carbocycles. The maximum Gasteiger partial charge on any atom is 0.191 e. The van der Waals surface area contributed by atoms with Gasteiger partial charge in [0, 0.05) is 44.8 Å². The minimum atomic E-state index is 0.658. The average Bonchev–Trinajstić information content (AvgIpc) is 2.64. The SMILES string of the molecule is CCNC(=NCC1CCCN(C(C)C)C1)NCCCN1CCCCC1C. The van der Waals surface area contributed by atoms with Crippen molar-refractivity contribution in [3.63, 3.8) is 0 Å². The van der Waals surface area contributed by atoms with Crippen molar-refractivity contribution in [2.24, 2.45) is 10.9 Å². The van der Waals surface area contributed by atoms with Gasteiger partial charge < -0.3 is 20.4 Å². The third-order valence-electron chi connectivity index (χ3n) is 5.99. The van der Waals surface area contributed by atoms with Gasteiger partial charge in [-0.25, -0.2) is 0 Å². The van der Waals surface area contributed by atoms with Gasteiger partial charge in [0.15, 0.2) is 5.96 Å². The number of nitrogens with zero attached hydrogens (tertiary/aromatic N) is 3. The highest BCUT2D eigenvalue weighted by molar-refractivity contribution is 5.79. The molecule has 2 unspecified atom stereocenters. The Hall–Kier alpha value is -0.810. The second kappa shape index (κ2) is 11.8. The summed E-state index contributed by atoms with van der Waals surface area (Å²) in [5.74, 6) is 1.71. The molecule has 2 aliphatic heterocycles. The van der Waals surface area contributed by atoms with Gasteiger partial charge in [0.05, 0.1) is 0 Å². The fraction of sp³-hybridized carbons (Fsp3) is 0.952. The van der Waals surface area contributed by atoms with E-state index < -0.39 is 0 Å². The molecule has 2 aliphatic rings. The number of hydrogen-bond acceptors (Lipinski definition) is 3. The molecule has 5 nitrogen and oxygen atoms in total. The average molecular weight is 366 g/mol. The van der Waals surface area contributed by atoms with Crippen LogP contribution in [0.2, 0.25) is 0 Å². The first-order valence-electron chi connectivity index (χ1n) is 11.1. The Morgan fingerprint density at radius 3 is 2.69 bits per heavy atom. The lowest BCUT2D eigenvalue weighted by molar-refractivity contribution is 0.143. The zero-order valence-electron chi connectivity index (χ0n) is 17.8. The molecule has 2 N–H and O–H groups in total. The molecular weight excluding hydrogens is 322 g/mol. The molecule has 0 aromatic rings. The van der Waals surface area contributed by atoms with E-state index in [4.69, 9.17) is 4.99 Å². The number of aliphatic imine (C=N–C) groups is 1. The van der Waals surface area contributed by atoms with Crippen LogP contribution in [0.1, 0.15) is 66.2 Å². The summed E-state index contributed by atoms with van der Waals surface area (Å²) in [7, 11) is 0. The van der Waals surface area contributed by atoms with Gasteiger partial charge in [-0.05, 0) is 78.8 Å². The van der Waals surface area contributed by atoms with Crippen LogP contribution in [0.25, 0.3) is 0 Å². The fourth-order valence-corrected chi connectivity index (χ4v) is 4.26. The number of piperidine rings is 2. The summed E-state index contributed by atoms with van der Waals surface area (Å²) in [6.07, 6.45) is 7.97. The summed E-state index contributed by atoms with van der Waals surface area (Å²) < 4.78 is 0. The molecule has 0 bridgehead atoms. The molecule has 0 spiro atoms. The normalized spacial score (nSPS) is 26.3. The van der Waals surface area contributed by atoms with Crippen molar-refractivity contribution in [3.8, 4) is 0 Å². The topological polar surface area (TPSA) is 42.9 Å². The summed E-state index contributed by atoms with van der Waals surface area (Å²) in [5.41, 5.74) is 0. The van der Waals surface area contributed by atoms with Crippen LogP contribution in [0.5, 0.6) is 0 Å². The summed E-state index contributed by atoms with van der Waals surface area (Å²) in [5, 5.41) is 6.96. The van der Waals surface area contributed by atoms with Crippen LogP contribution in [-0.4, -0.2) is 73.7 Å². The van der Waals surface area contributed by atoms with E-state index in [0.717, 1.165) is 31.6 Å². The molecule has 0 aliphatic carbocycles. The van der Waals surface area contributed by atoms with Crippen molar-refractivity contribution in [1.29, 1.82) is 0 Å². The predicted octanol–water partition coefficient (Wildman–Crippen LogP) is 2.93. The zero-order chi connectivity index (χ0) is 18.8. The van der Waals surface area contributed by atoms with E-state index >= 15 is 0 Å². The molecule has 2 fully saturated rings. The third-order valence-corrected chi connectivity index (χ3v) is 5.99. The van der Waals surface area contributed by atoms with Gasteiger partial charge in [0.1, 0.15) is 0 Å². The Balaban J connectivity index is 1.70. The summed E-state index contributed by atoms with van der Waals surface area (Å²) >= 11 is 0. The van der Waals surface area contributed by atoms with E-state index in [2.05, 4.69) is 48.1 Å². The van der Waals surface area contributed by atoms with Crippen molar-refractivity contribution in [3.05, 3.63) is 0 Å². The third kappa shape index (κ3) is 7.43. The van der Waals surface area contributed by atoms with Crippen molar-refractivity contribution < 1.29 is 0 Å². The number of nitrogens with one attached hydrogen (secondary N) is 2. The van der Waals surface area contributed by atoms with Crippen LogP contribution < -0.4 is 10.6 Å². The monoisotopic (exact) mass is 365 g/mol. The lowest BCUT2D eigenvalue weighted by Gasteiger charge is -2.35. The van der Waals surface area contributed by atoms with Gasteiger partial charge in [-0.2, -0.15) is 0 Å².